The third-order valence-corrected chi connectivity index (χ3v) is 6.43. The normalized spacial score (nSPS) is 17.4. The van der Waals surface area contributed by atoms with Crippen LogP contribution in [-0.2, 0) is 9.59 Å². The first-order valence-electron chi connectivity index (χ1n) is 9.52. The minimum absolute atomic E-state index is 0.0359. The molecule has 0 saturated carbocycles. The number of nitrogens with zero attached hydrogens (tertiary/aromatic N) is 2. The summed E-state index contributed by atoms with van der Waals surface area (Å²) in [6.07, 6.45) is 1.33. The maximum Gasteiger partial charge on any atom is 0.242 e. The van der Waals surface area contributed by atoms with Crippen molar-refractivity contribution >= 4 is 35.0 Å². The Hall–Kier alpha value is -2.60. The Morgan fingerprint density at radius 1 is 0.964 bits per heavy atom. The summed E-state index contributed by atoms with van der Waals surface area (Å²) in [5.74, 6) is 0.384. The number of thioether (sulfide) groups is 1. The van der Waals surface area contributed by atoms with Gasteiger partial charge in [0.05, 0.1) is 11.4 Å². The number of likely N-dealkylation sites (tertiary alicyclic amines) is 1. The average Bonchev–Trinajstić information content (AvgIpc) is 2.76. The fourth-order valence-corrected chi connectivity index (χ4v) is 4.73. The number of piperidine rings is 1. The van der Waals surface area contributed by atoms with Crippen molar-refractivity contribution in [2.24, 2.45) is 5.92 Å². The van der Waals surface area contributed by atoms with Gasteiger partial charge in [-0.05, 0) is 25.0 Å². The Morgan fingerprint density at radius 3 is 2.39 bits per heavy atom. The second-order valence-electron chi connectivity index (χ2n) is 7.12. The van der Waals surface area contributed by atoms with Crippen molar-refractivity contribution in [3.63, 3.8) is 0 Å². The lowest BCUT2D eigenvalue weighted by atomic mass is 9.89. The number of rotatable bonds is 4. The van der Waals surface area contributed by atoms with Crippen LogP contribution >= 0.6 is 11.8 Å². The largest absolute Gasteiger partial charge is 0.341 e. The van der Waals surface area contributed by atoms with Crippen LogP contribution in [0, 0.1) is 5.92 Å². The molecular weight excluding hydrogens is 372 g/mol. The first-order valence-corrected chi connectivity index (χ1v) is 10.5. The molecule has 5 nitrogen and oxygen atoms in total. The van der Waals surface area contributed by atoms with E-state index < -0.39 is 0 Å². The summed E-state index contributed by atoms with van der Waals surface area (Å²) in [5.41, 5.74) is 1.55. The van der Waals surface area contributed by atoms with E-state index >= 15 is 0 Å². The zero-order valence-electron chi connectivity index (χ0n) is 15.5. The van der Waals surface area contributed by atoms with Gasteiger partial charge in [-0.15, -0.1) is 11.8 Å². The van der Waals surface area contributed by atoms with Crippen molar-refractivity contribution in [1.82, 2.24) is 4.90 Å². The first-order chi connectivity index (χ1) is 13.6. The van der Waals surface area contributed by atoms with Crippen LogP contribution in [0.25, 0.3) is 0 Å². The number of hydrogen-bond acceptors (Lipinski definition) is 4. The highest BCUT2D eigenvalue weighted by Gasteiger charge is 2.31. The summed E-state index contributed by atoms with van der Waals surface area (Å²) in [6, 6.07) is 17.0. The first kappa shape index (κ1) is 18.7. The predicted molar refractivity (Wildman–Crippen MR) is 110 cm³/mol. The van der Waals surface area contributed by atoms with E-state index in [1.807, 2.05) is 54.6 Å². The van der Waals surface area contributed by atoms with E-state index in [1.165, 1.54) is 11.8 Å². The molecule has 2 aliphatic rings. The Bertz CT molecular complexity index is 892. The van der Waals surface area contributed by atoms with Crippen LogP contribution in [0.5, 0.6) is 0 Å². The number of carbonyl (C=O) groups excluding carboxylic acids is 3. The Balaban J connectivity index is 1.37. The third kappa shape index (κ3) is 3.83. The number of amides is 2. The standard InChI is InChI=1S/C22H22N2O3S/c25-20(14-24-18-8-4-5-9-19(18)28-15-21(24)26)23-12-10-17(11-13-23)22(27)16-6-2-1-3-7-16/h1-9,17H,10-15H2. The summed E-state index contributed by atoms with van der Waals surface area (Å²) in [5, 5.41) is 0. The van der Waals surface area contributed by atoms with E-state index in [1.54, 1.807) is 9.80 Å². The highest BCUT2D eigenvalue weighted by molar-refractivity contribution is 8.00. The van der Waals surface area contributed by atoms with E-state index in [4.69, 9.17) is 0 Å². The van der Waals surface area contributed by atoms with Gasteiger partial charge in [-0.3, -0.25) is 14.4 Å². The highest BCUT2D eigenvalue weighted by Crippen LogP contribution is 2.35. The molecule has 0 N–H and O–H groups in total. The number of anilines is 1. The van der Waals surface area contributed by atoms with Gasteiger partial charge in [-0.25, -0.2) is 0 Å². The van der Waals surface area contributed by atoms with Gasteiger partial charge < -0.3 is 9.80 Å². The molecule has 0 aliphatic carbocycles. The van der Waals surface area contributed by atoms with Gasteiger partial charge in [-0.2, -0.15) is 0 Å². The van der Waals surface area contributed by atoms with Crippen molar-refractivity contribution in [2.75, 3.05) is 30.3 Å². The smallest absolute Gasteiger partial charge is 0.242 e. The summed E-state index contributed by atoms with van der Waals surface area (Å²) in [6.45, 7) is 1.18. The number of para-hydroxylation sites is 1. The number of Topliss-reactive ketones (excluding diaryl/α,β-unsaturated/α-hetero) is 1. The Labute approximate surface area is 168 Å². The maximum atomic E-state index is 12.8. The third-order valence-electron chi connectivity index (χ3n) is 5.38. The molecule has 2 amide bonds. The highest BCUT2D eigenvalue weighted by atomic mass is 32.2. The van der Waals surface area contributed by atoms with Crippen LogP contribution < -0.4 is 4.90 Å². The Morgan fingerprint density at radius 2 is 1.64 bits per heavy atom. The number of carbonyl (C=O) groups is 3. The molecule has 2 aliphatic heterocycles. The number of fused-ring (bicyclic) bond motifs is 1. The van der Waals surface area contributed by atoms with Crippen LogP contribution in [0.15, 0.2) is 59.5 Å². The summed E-state index contributed by atoms with van der Waals surface area (Å²) < 4.78 is 0. The molecule has 144 valence electrons. The SMILES string of the molecule is O=C(c1ccccc1)C1CCN(C(=O)CN2C(=O)CSc3ccccc32)CC1. The van der Waals surface area contributed by atoms with Gasteiger partial charge >= 0.3 is 0 Å². The van der Waals surface area contributed by atoms with E-state index in [-0.39, 0.29) is 30.1 Å². The molecule has 2 aromatic rings. The van der Waals surface area contributed by atoms with Gasteiger partial charge in [0.15, 0.2) is 5.78 Å². The second kappa shape index (κ2) is 8.19. The summed E-state index contributed by atoms with van der Waals surface area (Å²) >= 11 is 1.51. The van der Waals surface area contributed by atoms with Crippen molar-refractivity contribution in [2.45, 2.75) is 17.7 Å². The van der Waals surface area contributed by atoms with Crippen LogP contribution in [0.4, 0.5) is 5.69 Å². The van der Waals surface area contributed by atoms with Crippen LogP contribution in [0.2, 0.25) is 0 Å². The van der Waals surface area contributed by atoms with E-state index in [0.29, 0.717) is 31.7 Å². The molecule has 0 unspecified atom stereocenters. The maximum absolute atomic E-state index is 12.8. The van der Waals surface area contributed by atoms with Gasteiger partial charge in [0, 0.05) is 29.5 Å². The van der Waals surface area contributed by atoms with E-state index in [2.05, 4.69) is 0 Å². The number of hydrogen-bond donors (Lipinski definition) is 0. The molecule has 2 heterocycles. The van der Waals surface area contributed by atoms with E-state index in [0.717, 1.165) is 16.1 Å². The lowest BCUT2D eigenvalue weighted by molar-refractivity contribution is -0.132. The predicted octanol–water partition coefficient (Wildman–Crippen LogP) is 3.25. The molecule has 0 aromatic heterocycles. The molecular formula is C22H22N2O3S. The lowest BCUT2D eigenvalue weighted by Crippen LogP contribution is -2.47. The molecule has 4 rings (SSSR count). The summed E-state index contributed by atoms with van der Waals surface area (Å²) in [7, 11) is 0. The molecule has 0 atom stereocenters. The lowest BCUT2D eigenvalue weighted by Gasteiger charge is -2.34. The fraction of sp³-hybridized carbons (Fsp3) is 0.318. The minimum Gasteiger partial charge on any atom is -0.341 e. The van der Waals surface area contributed by atoms with Crippen molar-refractivity contribution in [3.8, 4) is 0 Å². The molecule has 6 heteroatoms. The average molecular weight is 394 g/mol. The topological polar surface area (TPSA) is 57.7 Å². The van der Waals surface area contributed by atoms with Gasteiger partial charge in [0.2, 0.25) is 11.8 Å². The Kier molecular flexibility index (Phi) is 5.48. The molecule has 2 aromatic carbocycles. The molecule has 1 saturated heterocycles. The number of benzene rings is 2. The van der Waals surface area contributed by atoms with E-state index in [9.17, 15) is 14.4 Å². The molecule has 0 bridgehead atoms. The molecule has 0 radical (unpaired) electrons. The van der Waals surface area contributed by atoms with Crippen LogP contribution in [-0.4, -0.2) is 47.9 Å². The molecule has 28 heavy (non-hydrogen) atoms. The zero-order valence-corrected chi connectivity index (χ0v) is 16.4. The fourth-order valence-electron chi connectivity index (χ4n) is 3.79. The van der Waals surface area contributed by atoms with Gasteiger partial charge in [0.1, 0.15) is 6.54 Å². The monoisotopic (exact) mass is 394 g/mol. The van der Waals surface area contributed by atoms with Crippen molar-refractivity contribution in [3.05, 3.63) is 60.2 Å². The zero-order chi connectivity index (χ0) is 19.5. The van der Waals surface area contributed by atoms with Crippen LogP contribution in [0.1, 0.15) is 23.2 Å². The minimum atomic E-state index is -0.0549. The van der Waals surface area contributed by atoms with Gasteiger partial charge in [0.25, 0.3) is 0 Å². The molecule has 0 spiro atoms. The van der Waals surface area contributed by atoms with Crippen LogP contribution in [0.3, 0.4) is 0 Å². The van der Waals surface area contributed by atoms with Crippen molar-refractivity contribution < 1.29 is 14.4 Å². The molecule has 1 fully saturated rings. The van der Waals surface area contributed by atoms with Crippen molar-refractivity contribution in [1.29, 1.82) is 0 Å². The second-order valence-corrected chi connectivity index (χ2v) is 8.14. The number of ketones is 1. The quantitative estimate of drug-likeness (QED) is 0.747. The van der Waals surface area contributed by atoms with Gasteiger partial charge in [-0.1, -0.05) is 42.5 Å². The summed E-state index contributed by atoms with van der Waals surface area (Å²) in [4.78, 5) is 42.2.